The third-order valence-electron chi connectivity index (χ3n) is 4.90. The molecule has 182 valence electrons. The number of anilines is 1. The van der Waals surface area contributed by atoms with E-state index in [1.807, 2.05) is 45.0 Å². The van der Waals surface area contributed by atoms with Gasteiger partial charge in [-0.05, 0) is 55.2 Å². The van der Waals surface area contributed by atoms with Crippen LogP contribution in [0.3, 0.4) is 0 Å². The highest BCUT2D eigenvalue weighted by Crippen LogP contribution is 2.37. The Bertz CT molecular complexity index is 1260. The van der Waals surface area contributed by atoms with Crippen LogP contribution in [0.1, 0.15) is 28.6 Å². The molecular weight excluding hydrogens is 488 g/mol. The van der Waals surface area contributed by atoms with Crippen molar-refractivity contribution in [2.75, 3.05) is 25.6 Å². The van der Waals surface area contributed by atoms with Gasteiger partial charge in [0.2, 0.25) is 5.13 Å². The van der Waals surface area contributed by atoms with Crippen LogP contribution in [0.15, 0.2) is 35.9 Å². The molecule has 3 aromatic rings. The fourth-order valence-corrected chi connectivity index (χ4v) is 4.15. The summed E-state index contributed by atoms with van der Waals surface area (Å²) < 4.78 is 17.1. The van der Waals surface area contributed by atoms with Crippen molar-refractivity contribution in [2.24, 2.45) is 0 Å². The highest BCUT2D eigenvalue weighted by molar-refractivity contribution is 7.15. The highest BCUT2D eigenvalue weighted by Gasteiger charge is 2.16. The number of benzene rings is 2. The van der Waals surface area contributed by atoms with E-state index in [-0.39, 0.29) is 17.2 Å². The van der Waals surface area contributed by atoms with E-state index in [0.29, 0.717) is 35.2 Å². The lowest BCUT2D eigenvalue weighted by Gasteiger charge is -2.15. The van der Waals surface area contributed by atoms with Gasteiger partial charge in [-0.25, -0.2) is 0 Å². The smallest absolute Gasteiger partial charge is 0.268 e. The SMILES string of the molecule is CCc1nnc(NC(=O)C(C#N)=Cc2cc(Cl)c(OCCOc3c(C)cccc3C)c(OC)c2)s1. The largest absolute Gasteiger partial charge is 0.493 e. The van der Waals surface area contributed by atoms with Gasteiger partial charge in [0.25, 0.3) is 5.91 Å². The number of aromatic nitrogens is 2. The summed E-state index contributed by atoms with van der Waals surface area (Å²) in [4.78, 5) is 12.5. The number of rotatable bonds is 10. The van der Waals surface area contributed by atoms with E-state index in [0.717, 1.165) is 21.9 Å². The minimum absolute atomic E-state index is 0.118. The van der Waals surface area contributed by atoms with Crippen LogP contribution in [-0.2, 0) is 11.2 Å². The van der Waals surface area contributed by atoms with Gasteiger partial charge in [0, 0.05) is 0 Å². The topological polar surface area (TPSA) is 106 Å². The summed E-state index contributed by atoms with van der Waals surface area (Å²) in [7, 11) is 1.48. The second kappa shape index (κ2) is 12.2. The van der Waals surface area contributed by atoms with Gasteiger partial charge >= 0.3 is 0 Å². The van der Waals surface area contributed by atoms with E-state index in [2.05, 4.69) is 15.5 Å². The molecule has 0 bridgehead atoms. The molecule has 2 aromatic carbocycles. The van der Waals surface area contributed by atoms with Gasteiger partial charge in [-0.1, -0.05) is 48.1 Å². The van der Waals surface area contributed by atoms with Crippen LogP contribution in [0.5, 0.6) is 17.2 Å². The lowest BCUT2D eigenvalue weighted by Crippen LogP contribution is -2.13. The van der Waals surface area contributed by atoms with Crippen molar-refractivity contribution >= 4 is 40.1 Å². The molecular formula is C25H25ClN4O4S. The van der Waals surface area contributed by atoms with E-state index in [1.54, 1.807) is 12.1 Å². The first-order chi connectivity index (χ1) is 16.9. The first-order valence-corrected chi connectivity index (χ1v) is 12.0. The molecule has 1 heterocycles. The molecule has 0 aliphatic rings. The summed E-state index contributed by atoms with van der Waals surface area (Å²) in [6.45, 7) is 6.47. The van der Waals surface area contributed by atoms with Crippen molar-refractivity contribution in [3.63, 3.8) is 0 Å². The molecule has 0 saturated heterocycles. The molecule has 0 fully saturated rings. The lowest BCUT2D eigenvalue weighted by molar-refractivity contribution is -0.112. The normalized spacial score (nSPS) is 11.0. The summed E-state index contributed by atoms with van der Waals surface area (Å²) in [6, 6.07) is 11.1. The Morgan fingerprint density at radius 1 is 1.17 bits per heavy atom. The molecule has 1 amide bonds. The summed E-state index contributed by atoms with van der Waals surface area (Å²) in [5, 5.41) is 21.3. The molecule has 8 nitrogen and oxygen atoms in total. The standard InChI is InChI=1S/C25H25ClN4O4S/c1-5-21-29-30-25(35-21)28-24(31)18(14-27)11-17-12-19(26)23(20(13-17)32-4)34-10-9-33-22-15(2)7-6-8-16(22)3/h6-8,11-13H,5,9-10H2,1-4H3,(H,28,30,31). The number of hydrogen-bond acceptors (Lipinski definition) is 8. The molecule has 3 rings (SSSR count). The second-order valence-corrected chi connectivity index (χ2v) is 8.90. The van der Waals surface area contributed by atoms with Gasteiger partial charge in [0.1, 0.15) is 35.6 Å². The van der Waals surface area contributed by atoms with E-state index >= 15 is 0 Å². The number of para-hydroxylation sites is 1. The number of nitrogens with one attached hydrogen (secondary N) is 1. The maximum atomic E-state index is 12.5. The van der Waals surface area contributed by atoms with Crippen LogP contribution in [-0.4, -0.2) is 36.4 Å². The first kappa shape index (κ1) is 26.0. The van der Waals surface area contributed by atoms with Crippen molar-refractivity contribution in [3.8, 4) is 23.3 Å². The van der Waals surface area contributed by atoms with Gasteiger partial charge < -0.3 is 14.2 Å². The minimum atomic E-state index is -0.592. The maximum Gasteiger partial charge on any atom is 0.268 e. The summed E-state index contributed by atoms with van der Waals surface area (Å²) >= 11 is 7.70. The fraction of sp³-hybridized carbons (Fsp3) is 0.280. The molecule has 1 N–H and O–H groups in total. The molecule has 0 aliphatic heterocycles. The quantitative estimate of drug-likeness (QED) is 0.221. The molecule has 0 atom stereocenters. The van der Waals surface area contributed by atoms with Crippen LogP contribution in [0.25, 0.3) is 6.08 Å². The molecule has 10 heteroatoms. The van der Waals surface area contributed by atoms with Gasteiger partial charge in [0.15, 0.2) is 11.5 Å². The Balaban J connectivity index is 1.70. The van der Waals surface area contributed by atoms with E-state index in [1.165, 1.54) is 24.5 Å². The van der Waals surface area contributed by atoms with E-state index in [9.17, 15) is 10.1 Å². The Labute approximate surface area is 213 Å². The average molecular weight is 513 g/mol. The number of halogens is 1. The van der Waals surface area contributed by atoms with Crippen molar-refractivity contribution in [2.45, 2.75) is 27.2 Å². The number of carbonyl (C=O) groups is 1. The number of nitrogens with zero attached hydrogens (tertiary/aromatic N) is 3. The van der Waals surface area contributed by atoms with Crippen molar-refractivity contribution in [1.82, 2.24) is 10.2 Å². The predicted molar refractivity (Wildman–Crippen MR) is 136 cm³/mol. The monoisotopic (exact) mass is 512 g/mol. The Morgan fingerprint density at radius 3 is 2.46 bits per heavy atom. The summed E-state index contributed by atoms with van der Waals surface area (Å²) in [6.07, 6.45) is 2.12. The number of amides is 1. The molecule has 0 aliphatic carbocycles. The number of ether oxygens (including phenoxy) is 3. The second-order valence-electron chi connectivity index (χ2n) is 7.43. The summed E-state index contributed by atoms with van der Waals surface area (Å²) in [5.74, 6) is 0.951. The van der Waals surface area contributed by atoms with Crippen molar-refractivity contribution in [1.29, 1.82) is 5.26 Å². The van der Waals surface area contributed by atoms with Crippen LogP contribution < -0.4 is 19.5 Å². The van der Waals surface area contributed by atoms with Gasteiger partial charge in [-0.3, -0.25) is 10.1 Å². The van der Waals surface area contributed by atoms with Gasteiger partial charge in [0.05, 0.1) is 12.1 Å². The zero-order chi connectivity index (χ0) is 25.4. The number of nitriles is 1. The van der Waals surface area contributed by atoms with Crippen molar-refractivity contribution < 1.29 is 19.0 Å². The molecule has 0 saturated carbocycles. The number of hydrogen-bond donors (Lipinski definition) is 1. The van der Waals surface area contributed by atoms with Crippen molar-refractivity contribution in [3.05, 3.63) is 62.6 Å². The third kappa shape index (κ3) is 6.72. The highest BCUT2D eigenvalue weighted by atomic mass is 35.5. The van der Waals surface area contributed by atoms with Gasteiger partial charge in [-0.15, -0.1) is 10.2 Å². The molecule has 0 spiro atoms. The third-order valence-corrected chi connectivity index (χ3v) is 6.17. The van der Waals surface area contributed by atoms with Crippen LogP contribution in [0, 0.1) is 25.2 Å². The Morgan fingerprint density at radius 2 is 1.86 bits per heavy atom. The molecule has 0 unspecified atom stereocenters. The molecule has 35 heavy (non-hydrogen) atoms. The van der Waals surface area contributed by atoms with Crippen LogP contribution >= 0.6 is 22.9 Å². The number of carbonyl (C=O) groups excluding carboxylic acids is 1. The van der Waals surface area contributed by atoms with Gasteiger partial charge in [-0.2, -0.15) is 5.26 Å². The van der Waals surface area contributed by atoms with Crippen LogP contribution in [0.4, 0.5) is 5.13 Å². The molecule has 0 radical (unpaired) electrons. The summed E-state index contributed by atoms with van der Waals surface area (Å²) in [5.41, 5.74) is 2.48. The molecule has 1 aromatic heterocycles. The number of methoxy groups -OCH3 is 1. The van der Waals surface area contributed by atoms with Crippen LogP contribution in [0.2, 0.25) is 5.02 Å². The number of aryl methyl sites for hydroxylation is 3. The minimum Gasteiger partial charge on any atom is -0.493 e. The fourth-order valence-electron chi connectivity index (χ4n) is 3.20. The van der Waals surface area contributed by atoms with E-state index in [4.69, 9.17) is 25.8 Å². The lowest BCUT2D eigenvalue weighted by atomic mass is 10.1. The maximum absolute atomic E-state index is 12.5. The zero-order valence-electron chi connectivity index (χ0n) is 19.8. The van der Waals surface area contributed by atoms with E-state index < -0.39 is 5.91 Å². The first-order valence-electron chi connectivity index (χ1n) is 10.8. The predicted octanol–water partition coefficient (Wildman–Crippen LogP) is 5.38. The Hall–Kier alpha value is -3.61. The Kier molecular flexibility index (Phi) is 9.06. The average Bonchev–Trinajstić information content (AvgIpc) is 3.29. The zero-order valence-corrected chi connectivity index (χ0v) is 21.4.